The summed E-state index contributed by atoms with van der Waals surface area (Å²) in [5.41, 5.74) is 7.28. The molecule has 1 saturated carbocycles. The average molecular weight is 234 g/mol. The van der Waals surface area contributed by atoms with E-state index in [1.54, 1.807) is 0 Å². The summed E-state index contributed by atoms with van der Waals surface area (Å²) < 4.78 is 5.30. The van der Waals surface area contributed by atoms with Gasteiger partial charge < -0.3 is 10.5 Å². The van der Waals surface area contributed by atoms with Crippen LogP contribution in [0.1, 0.15) is 31.2 Å². The molecule has 1 aromatic rings. The van der Waals surface area contributed by atoms with Crippen LogP contribution in [0.5, 0.6) is 0 Å². The van der Waals surface area contributed by atoms with Crippen LogP contribution < -0.4 is 11.1 Å². The van der Waals surface area contributed by atoms with E-state index in [4.69, 9.17) is 10.5 Å². The molecule has 0 aromatic heterocycles. The van der Waals surface area contributed by atoms with Gasteiger partial charge >= 0.3 is 6.09 Å². The van der Waals surface area contributed by atoms with Crippen molar-refractivity contribution in [3.63, 3.8) is 0 Å². The van der Waals surface area contributed by atoms with Gasteiger partial charge in [0, 0.05) is 12.2 Å². The minimum Gasteiger partial charge on any atom is -0.446 e. The number of benzene rings is 1. The predicted octanol–water partition coefficient (Wildman–Crippen LogP) is 2.64. The highest BCUT2D eigenvalue weighted by Gasteiger charge is 2.18. The Hall–Kier alpha value is -1.55. The third-order valence-corrected chi connectivity index (χ3v) is 3.01. The highest BCUT2D eigenvalue weighted by Crippen LogP contribution is 2.21. The molecule has 0 saturated heterocycles. The number of amides is 1. The molecule has 0 aliphatic heterocycles. The van der Waals surface area contributed by atoms with Crippen LogP contribution in [0.15, 0.2) is 24.3 Å². The van der Waals surface area contributed by atoms with Crippen molar-refractivity contribution in [3.05, 3.63) is 29.8 Å². The van der Waals surface area contributed by atoms with Crippen molar-refractivity contribution in [3.8, 4) is 0 Å². The van der Waals surface area contributed by atoms with E-state index >= 15 is 0 Å². The molecule has 0 bridgehead atoms. The Morgan fingerprint density at radius 2 is 1.94 bits per heavy atom. The van der Waals surface area contributed by atoms with Gasteiger partial charge in [-0.1, -0.05) is 12.1 Å². The van der Waals surface area contributed by atoms with Crippen molar-refractivity contribution in [2.24, 2.45) is 5.73 Å². The highest BCUT2D eigenvalue weighted by molar-refractivity contribution is 5.84. The SMILES string of the molecule is NCc1ccc(NC(=O)OC2CCCC2)cc1. The molecule has 0 unspecified atom stereocenters. The van der Waals surface area contributed by atoms with Crippen LogP contribution in [0.25, 0.3) is 0 Å². The fourth-order valence-electron chi connectivity index (χ4n) is 2.03. The lowest BCUT2D eigenvalue weighted by Crippen LogP contribution is -2.20. The molecular formula is C13H18N2O2. The van der Waals surface area contributed by atoms with Crippen LogP contribution in [0.4, 0.5) is 10.5 Å². The summed E-state index contributed by atoms with van der Waals surface area (Å²) in [5, 5.41) is 2.72. The van der Waals surface area contributed by atoms with Gasteiger partial charge in [-0.3, -0.25) is 5.32 Å². The van der Waals surface area contributed by atoms with Crippen LogP contribution in [0, 0.1) is 0 Å². The Morgan fingerprint density at radius 1 is 1.29 bits per heavy atom. The lowest BCUT2D eigenvalue weighted by Gasteiger charge is -2.12. The summed E-state index contributed by atoms with van der Waals surface area (Å²) in [6.07, 6.45) is 4.02. The largest absolute Gasteiger partial charge is 0.446 e. The molecule has 92 valence electrons. The zero-order valence-electron chi connectivity index (χ0n) is 9.82. The van der Waals surface area contributed by atoms with Crippen molar-refractivity contribution in [1.29, 1.82) is 0 Å². The molecule has 1 fully saturated rings. The van der Waals surface area contributed by atoms with E-state index in [1.165, 1.54) is 0 Å². The van der Waals surface area contributed by atoms with E-state index in [0.717, 1.165) is 36.9 Å². The molecule has 0 radical (unpaired) electrons. The Balaban J connectivity index is 1.84. The molecule has 17 heavy (non-hydrogen) atoms. The molecule has 2 rings (SSSR count). The first-order valence-corrected chi connectivity index (χ1v) is 6.04. The van der Waals surface area contributed by atoms with Gasteiger partial charge in [0.05, 0.1) is 0 Å². The number of ether oxygens (including phenoxy) is 1. The Kier molecular flexibility index (Phi) is 3.98. The Bertz CT molecular complexity index is 370. The molecule has 4 heteroatoms. The van der Waals surface area contributed by atoms with Crippen LogP contribution >= 0.6 is 0 Å². The van der Waals surface area contributed by atoms with E-state index in [1.807, 2.05) is 24.3 Å². The lowest BCUT2D eigenvalue weighted by atomic mass is 10.2. The maximum atomic E-state index is 11.6. The third-order valence-electron chi connectivity index (χ3n) is 3.01. The molecular weight excluding hydrogens is 216 g/mol. The van der Waals surface area contributed by atoms with E-state index in [0.29, 0.717) is 6.54 Å². The van der Waals surface area contributed by atoms with Gasteiger partial charge in [0.2, 0.25) is 0 Å². The number of carbonyl (C=O) groups excluding carboxylic acids is 1. The molecule has 0 atom stereocenters. The van der Waals surface area contributed by atoms with Crippen molar-refractivity contribution < 1.29 is 9.53 Å². The van der Waals surface area contributed by atoms with E-state index in [-0.39, 0.29) is 12.2 Å². The number of hydrogen-bond donors (Lipinski definition) is 2. The quantitative estimate of drug-likeness (QED) is 0.845. The van der Waals surface area contributed by atoms with Crippen LogP contribution in [0.3, 0.4) is 0 Å². The van der Waals surface area contributed by atoms with Crippen molar-refractivity contribution in [1.82, 2.24) is 0 Å². The van der Waals surface area contributed by atoms with E-state index in [9.17, 15) is 4.79 Å². The number of anilines is 1. The van der Waals surface area contributed by atoms with Gasteiger partial charge in [-0.2, -0.15) is 0 Å². The zero-order chi connectivity index (χ0) is 12.1. The maximum absolute atomic E-state index is 11.6. The van der Waals surface area contributed by atoms with E-state index in [2.05, 4.69) is 5.32 Å². The smallest absolute Gasteiger partial charge is 0.411 e. The van der Waals surface area contributed by atoms with Gasteiger partial charge in [0.15, 0.2) is 0 Å². The summed E-state index contributed by atoms with van der Waals surface area (Å²) >= 11 is 0. The molecule has 4 nitrogen and oxygen atoms in total. The van der Waals surface area contributed by atoms with Crippen molar-refractivity contribution in [2.45, 2.75) is 38.3 Å². The predicted molar refractivity (Wildman–Crippen MR) is 66.7 cm³/mol. The van der Waals surface area contributed by atoms with Gasteiger partial charge in [-0.25, -0.2) is 4.79 Å². The molecule has 1 aliphatic carbocycles. The number of rotatable bonds is 3. The fourth-order valence-corrected chi connectivity index (χ4v) is 2.03. The molecule has 0 heterocycles. The summed E-state index contributed by atoms with van der Waals surface area (Å²) in [6, 6.07) is 7.45. The first kappa shape index (κ1) is 11.9. The summed E-state index contributed by atoms with van der Waals surface area (Å²) in [4.78, 5) is 11.6. The van der Waals surface area contributed by atoms with Crippen LogP contribution in [-0.4, -0.2) is 12.2 Å². The van der Waals surface area contributed by atoms with Crippen molar-refractivity contribution >= 4 is 11.8 Å². The number of nitrogens with one attached hydrogen (secondary N) is 1. The third kappa shape index (κ3) is 3.46. The molecule has 1 amide bonds. The maximum Gasteiger partial charge on any atom is 0.411 e. The minimum absolute atomic E-state index is 0.0957. The summed E-state index contributed by atoms with van der Waals surface area (Å²) in [6.45, 7) is 0.507. The molecule has 1 aromatic carbocycles. The molecule has 0 spiro atoms. The lowest BCUT2D eigenvalue weighted by molar-refractivity contribution is 0.114. The normalized spacial score (nSPS) is 15.8. The molecule has 1 aliphatic rings. The van der Waals surface area contributed by atoms with Gasteiger partial charge in [-0.05, 0) is 43.4 Å². The first-order chi connectivity index (χ1) is 8.28. The summed E-state index contributed by atoms with van der Waals surface area (Å²) in [7, 11) is 0. The minimum atomic E-state index is -0.364. The van der Waals surface area contributed by atoms with Crippen LogP contribution in [0.2, 0.25) is 0 Å². The number of carbonyl (C=O) groups is 1. The number of nitrogens with two attached hydrogens (primary N) is 1. The van der Waals surface area contributed by atoms with E-state index < -0.39 is 0 Å². The second-order valence-corrected chi connectivity index (χ2v) is 4.34. The van der Waals surface area contributed by atoms with Gasteiger partial charge in [0.1, 0.15) is 6.10 Å². The monoisotopic (exact) mass is 234 g/mol. The van der Waals surface area contributed by atoms with Gasteiger partial charge in [-0.15, -0.1) is 0 Å². The van der Waals surface area contributed by atoms with Gasteiger partial charge in [0.25, 0.3) is 0 Å². The number of hydrogen-bond acceptors (Lipinski definition) is 3. The fraction of sp³-hybridized carbons (Fsp3) is 0.462. The standard InChI is InChI=1S/C13H18N2O2/c14-9-10-5-7-11(8-6-10)15-13(16)17-12-3-1-2-4-12/h5-8,12H,1-4,9,14H2,(H,15,16). The average Bonchev–Trinajstić information content (AvgIpc) is 2.82. The highest BCUT2D eigenvalue weighted by atomic mass is 16.6. The second-order valence-electron chi connectivity index (χ2n) is 4.34. The van der Waals surface area contributed by atoms with Crippen molar-refractivity contribution in [2.75, 3.05) is 5.32 Å². The second kappa shape index (κ2) is 5.68. The first-order valence-electron chi connectivity index (χ1n) is 6.04. The Morgan fingerprint density at radius 3 is 2.53 bits per heavy atom. The topological polar surface area (TPSA) is 64.3 Å². The summed E-state index contributed by atoms with van der Waals surface area (Å²) in [5.74, 6) is 0. The Labute approximate surface area is 101 Å². The molecule has 3 N–H and O–H groups in total. The zero-order valence-corrected chi connectivity index (χ0v) is 9.82. The van der Waals surface area contributed by atoms with Crippen LogP contribution in [-0.2, 0) is 11.3 Å².